The second kappa shape index (κ2) is 17.4. The lowest BCUT2D eigenvalue weighted by Gasteiger charge is -2.40. The number of ketones is 1. The Bertz CT molecular complexity index is 2800. The number of nitrogens with zero attached hydrogens (tertiary/aromatic N) is 2. The van der Waals surface area contributed by atoms with E-state index in [1.165, 1.54) is 37.9 Å². The first-order valence-electron chi connectivity index (χ1n) is 19.1. The van der Waals surface area contributed by atoms with Crippen LogP contribution in [0.3, 0.4) is 0 Å². The first-order chi connectivity index (χ1) is 29.1. The minimum atomic E-state index is -3.91. The molecule has 0 N–H and O–H groups in total. The van der Waals surface area contributed by atoms with Crippen LogP contribution in [0.4, 0.5) is 5.69 Å². The molecule has 0 atom stereocenters. The first kappa shape index (κ1) is 40.3. The van der Waals surface area contributed by atoms with E-state index >= 15 is 0 Å². The van der Waals surface area contributed by atoms with Crippen LogP contribution in [-0.2, 0) is 23.2 Å². The Morgan fingerprint density at radius 3 is 1.70 bits per heavy atom. The Morgan fingerprint density at radius 2 is 1.13 bits per heavy atom. The van der Waals surface area contributed by atoms with Crippen LogP contribution in [0, 0.1) is 0 Å². The third kappa shape index (κ3) is 8.91. The number of carbonyl (C=O) groups is 2. The zero-order valence-corrected chi connectivity index (χ0v) is 35.2. The number of sulfonamides is 1. The molecule has 0 aliphatic heterocycles. The minimum absolute atomic E-state index is 0.0133. The van der Waals surface area contributed by atoms with Crippen molar-refractivity contribution in [3.8, 4) is 17.2 Å². The molecule has 60 heavy (non-hydrogen) atoms. The Kier molecular flexibility index (Phi) is 11.7. The van der Waals surface area contributed by atoms with Gasteiger partial charge in [0.25, 0.3) is 5.91 Å². The number of hydrogen-bond acceptors (Lipinski definition) is 9. The molecule has 0 aliphatic carbocycles. The van der Waals surface area contributed by atoms with E-state index in [0.717, 1.165) is 37.6 Å². The fraction of sp³-hybridized carbons (Fsp3) is 0.125. The topological polar surface area (TPSA) is 102 Å². The maximum atomic E-state index is 14.8. The summed E-state index contributed by atoms with van der Waals surface area (Å²) in [5.41, 5.74) is 2.25. The molecule has 0 bridgehead atoms. The number of rotatable bonds is 16. The SMILES string of the molecule is CC(Oc1csc2ccccc12)(Oc1csc2ccccc12)N(CC(=O)c1ccc(OCc2ccccc2)c(N(Cc2ccccc2)S(C)(=O)=O)c1)C(=O)c1ccccc1. The zero-order chi connectivity index (χ0) is 41.7. The van der Waals surface area contributed by atoms with Gasteiger partial charge in [0.05, 0.1) is 25.0 Å². The molecule has 8 rings (SSSR count). The average molecular weight is 853 g/mol. The van der Waals surface area contributed by atoms with Crippen molar-refractivity contribution >= 4 is 70.2 Å². The van der Waals surface area contributed by atoms with Gasteiger partial charge in [-0.2, -0.15) is 0 Å². The number of hydrogen-bond donors (Lipinski definition) is 0. The number of thiophene rings is 2. The molecule has 12 heteroatoms. The second-order valence-corrected chi connectivity index (χ2v) is 17.9. The predicted octanol–water partition coefficient (Wildman–Crippen LogP) is 10.8. The number of ether oxygens (including phenoxy) is 3. The van der Waals surface area contributed by atoms with Gasteiger partial charge < -0.3 is 14.2 Å². The summed E-state index contributed by atoms with van der Waals surface area (Å²) < 4.78 is 50.3. The molecule has 0 fully saturated rings. The van der Waals surface area contributed by atoms with E-state index in [9.17, 15) is 18.0 Å². The van der Waals surface area contributed by atoms with Crippen molar-refractivity contribution < 1.29 is 32.2 Å². The quantitative estimate of drug-likeness (QED) is 0.0704. The number of anilines is 1. The van der Waals surface area contributed by atoms with E-state index in [-0.39, 0.29) is 30.2 Å². The minimum Gasteiger partial charge on any atom is -0.487 e. The Balaban J connectivity index is 1.22. The summed E-state index contributed by atoms with van der Waals surface area (Å²) in [4.78, 5) is 31.0. The molecule has 0 unspecified atom stereocenters. The summed E-state index contributed by atoms with van der Waals surface area (Å²) >= 11 is 2.98. The molecule has 0 radical (unpaired) electrons. The van der Waals surface area contributed by atoms with Crippen molar-refractivity contribution in [2.24, 2.45) is 0 Å². The average Bonchev–Trinajstić information content (AvgIpc) is 3.87. The molecular weight excluding hydrogens is 813 g/mol. The highest BCUT2D eigenvalue weighted by molar-refractivity contribution is 7.92. The van der Waals surface area contributed by atoms with Crippen LogP contribution in [0.5, 0.6) is 17.2 Å². The number of carbonyl (C=O) groups excluding carboxylic acids is 2. The third-order valence-electron chi connectivity index (χ3n) is 9.90. The molecule has 1 amide bonds. The number of amides is 1. The largest absolute Gasteiger partial charge is 0.487 e. The van der Waals surface area contributed by atoms with Crippen LogP contribution in [0.2, 0.25) is 0 Å². The van der Waals surface area contributed by atoms with Crippen molar-refractivity contribution in [1.29, 1.82) is 0 Å². The van der Waals surface area contributed by atoms with Crippen molar-refractivity contribution in [2.45, 2.75) is 26.0 Å². The summed E-state index contributed by atoms with van der Waals surface area (Å²) in [6.07, 6.45) is 1.12. The third-order valence-corrected chi connectivity index (χ3v) is 12.9. The fourth-order valence-corrected chi connectivity index (χ4v) is 9.46. The summed E-state index contributed by atoms with van der Waals surface area (Å²) in [5.74, 6) is -1.68. The van der Waals surface area contributed by atoms with Crippen molar-refractivity contribution in [3.05, 3.63) is 191 Å². The molecule has 0 aliphatic rings. The molecule has 9 nitrogen and oxygen atoms in total. The number of benzene rings is 6. The maximum absolute atomic E-state index is 14.8. The second-order valence-electron chi connectivity index (χ2n) is 14.2. The first-order valence-corrected chi connectivity index (χ1v) is 22.7. The van der Waals surface area contributed by atoms with Crippen molar-refractivity contribution in [1.82, 2.24) is 4.90 Å². The normalized spacial score (nSPS) is 11.6. The summed E-state index contributed by atoms with van der Waals surface area (Å²) in [5, 5.41) is 5.36. The van der Waals surface area contributed by atoms with E-state index in [1.54, 1.807) is 49.4 Å². The van der Waals surface area contributed by atoms with Gasteiger partial charge in [0.15, 0.2) is 5.78 Å². The van der Waals surface area contributed by atoms with Crippen LogP contribution in [0.1, 0.15) is 38.8 Å². The molecule has 2 aromatic heterocycles. The van der Waals surface area contributed by atoms with Crippen LogP contribution in [0.15, 0.2) is 168 Å². The molecular formula is C48H40N2O7S3. The predicted molar refractivity (Wildman–Crippen MR) is 240 cm³/mol. The van der Waals surface area contributed by atoms with Crippen LogP contribution < -0.4 is 18.5 Å². The maximum Gasteiger partial charge on any atom is 0.338 e. The van der Waals surface area contributed by atoms with Gasteiger partial charge in [-0.3, -0.25) is 18.8 Å². The molecule has 8 aromatic rings. The van der Waals surface area contributed by atoms with Crippen molar-refractivity contribution in [2.75, 3.05) is 17.1 Å². The van der Waals surface area contributed by atoms with Gasteiger partial charge in [0, 0.05) is 49.0 Å². The molecule has 0 saturated heterocycles. The lowest BCUT2D eigenvalue weighted by Crippen LogP contribution is -2.59. The van der Waals surface area contributed by atoms with Crippen molar-refractivity contribution in [3.63, 3.8) is 0 Å². The lowest BCUT2D eigenvalue weighted by molar-refractivity contribution is -0.186. The van der Waals surface area contributed by atoms with Gasteiger partial charge in [-0.25, -0.2) is 8.42 Å². The molecule has 6 aromatic carbocycles. The van der Waals surface area contributed by atoms with Gasteiger partial charge in [0.2, 0.25) is 10.0 Å². The molecule has 0 saturated carbocycles. The summed E-state index contributed by atoms with van der Waals surface area (Å²) in [6, 6.07) is 47.6. The highest BCUT2D eigenvalue weighted by Gasteiger charge is 2.43. The Labute approximate surface area is 356 Å². The van der Waals surface area contributed by atoms with Gasteiger partial charge in [-0.15, -0.1) is 22.7 Å². The summed E-state index contributed by atoms with van der Waals surface area (Å²) in [6.45, 7) is 1.28. The Hall–Kier alpha value is -6.47. The molecule has 302 valence electrons. The van der Waals surface area contributed by atoms with E-state index in [0.29, 0.717) is 17.1 Å². The number of fused-ring (bicyclic) bond motifs is 2. The molecule has 2 heterocycles. The van der Waals surface area contributed by atoms with E-state index in [2.05, 4.69) is 0 Å². The molecule has 0 spiro atoms. The number of Topliss-reactive ketones (excluding diaryl/α,β-unsaturated/α-hetero) is 1. The van der Waals surface area contributed by atoms with Crippen LogP contribution in [0.25, 0.3) is 20.2 Å². The van der Waals surface area contributed by atoms with Gasteiger partial charge in [-0.1, -0.05) is 103 Å². The van der Waals surface area contributed by atoms with Gasteiger partial charge in [0.1, 0.15) is 23.9 Å². The zero-order valence-electron chi connectivity index (χ0n) is 32.8. The monoisotopic (exact) mass is 852 g/mol. The van der Waals surface area contributed by atoms with Gasteiger partial charge >= 0.3 is 5.91 Å². The highest BCUT2D eigenvalue weighted by atomic mass is 32.2. The van der Waals surface area contributed by atoms with E-state index in [4.69, 9.17) is 14.2 Å². The van der Waals surface area contributed by atoms with Gasteiger partial charge in [-0.05, 0) is 65.7 Å². The Morgan fingerprint density at radius 1 is 0.617 bits per heavy atom. The van der Waals surface area contributed by atoms with Crippen LogP contribution >= 0.6 is 22.7 Å². The summed E-state index contributed by atoms with van der Waals surface area (Å²) in [7, 11) is -3.91. The standard InChI is InChI=1S/C48H40N2O7S3/c1-48(56-43-32-58-45-24-14-12-22-38(43)45,57-44-33-59-46-25-15-13-23-39(44)46)49(47(52)36-20-10-5-11-21-36)30-41(51)37-26-27-42(55-31-35-18-8-4-9-19-35)40(28-37)50(60(2,53)54)29-34-16-6-3-7-17-34/h3-28,32-33H,29-31H2,1-2H3. The highest BCUT2D eigenvalue weighted by Crippen LogP contribution is 2.40. The van der Waals surface area contributed by atoms with E-state index < -0.39 is 34.2 Å². The smallest absolute Gasteiger partial charge is 0.338 e. The lowest BCUT2D eigenvalue weighted by atomic mass is 10.1. The van der Waals surface area contributed by atoms with Crippen LogP contribution in [-0.4, -0.2) is 43.7 Å². The fourth-order valence-electron chi connectivity index (χ4n) is 6.85. The van der Waals surface area contributed by atoms with E-state index in [1.807, 2.05) is 120 Å².